The molecule has 7 nitrogen and oxygen atoms in total. The second kappa shape index (κ2) is 11.8. The molecule has 1 N–H and O–H groups in total. The van der Waals surface area contributed by atoms with Crippen LogP contribution < -0.4 is 14.8 Å². The van der Waals surface area contributed by atoms with Gasteiger partial charge in [0.2, 0.25) is 0 Å². The van der Waals surface area contributed by atoms with E-state index in [4.69, 9.17) is 30.5 Å². The average molecular weight is 526 g/mol. The van der Waals surface area contributed by atoms with Crippen LogP contribution in [0, 0.1) is 0 Å². The summed E-state index contributed by atoms with van der Waals surface area (Å²) in [6.07, 6.45) is 0.949. The highest BCUT2D eigenvalue weighted by molar-refractivity contribution is 6.30. The van der Waals surface area contributed by atoms with Crippen LogP contribution in [0.1, 0.15) is 49.7 Å². The van der Waals surface area contributed by atoms with Crippen LogP contribution >= 0.6 is 11.6 Å². The van der Waals surface area contributed by atoms with Gasteiger partial charge in [-0.25, -0.2) is 4.79 Å². The molecule has 2 unspecified atom stereocenters. The molecule has 2 aromatic rings. The van der Waals surface area contributed by atoms with Crippen molar-refractivity contribution in [3.8, 4) is 11.5 Å². The molecule has 2 aliphatic rings. The minimum Gasteiger partial charge on any atom is -0.497 e. The summed E-state index contributed by atoms with van der Waals surface area (Å²) in [6.45, 7) is 4.67. The van der Waals surface area contributed by atoms with Crippen LogP contribution in [0.25, 0.3) is 0 Å². The lowest BCUT2D eigenvalue weighted by atomic mass is 9.71. The number of hydrogen-bond donors (Lipinski definition) is 1. The summed E-state index contributed by atoms with van der Waals surface area (Å²) >= 11 is 6.08. The molecule has 4 rings (SSSR count). The van der Waals surface area contributed by atoms with E-state index < -0.39 is 11.9 Å². The molecule has 0 saturated heterocycles. The summed E-state index contributed by atoms with van der Waals surface area (Å²) < 4.78 is 22.0. The van der Waals surface area contributed by atoms with E-state index in [1.54, 1.807) is 26.4 Å². The van der Waals surface area contributed by atoms with Gasteiger partial charge in [-0.2, -0.15) is 0 Å². The van der Waals surface area contributed by atoms with Crippen molar-refractivity contribution >= 4 is 23.4 Å². The third-order valence-electron chi connectivity index (χ3n) is 6.81. The van der Waals surface area contributed by atoms with Crippen molar-refractivity contribution in [3.05, 3.63) is 81.2 Å². The fourth-order valence-electron chi connectivity index (χ4n) is 5.06. The number of allylic oxidation sites excluding steroid dienone is 3. The molecule has 1 heterocycles. The number of dihydropyridines is 1. The number of carbonyl (C=O) groups excluding carboxylic acids is 2. The molecular formula is C29H32ClNO6. The van der Waals surface area contributed by atoms with Crippen molar-refractivity contribution in [2.24, 2.45) is 0 Å². The van der Waals surface area contributed by atoms with Crippen molar-refractivity contribution in [3.63, 3.8) is 0 Å². The second-order valence-electron chi connectivity index (χ2n) is 9.01. The first kappa shape index (κ1) is 26.8. The van der Waals surface area contributed by atoms with Crippen LogP contribution in [0.5, 0.6) is 11.5 Å². The molecule has 0 radical (unpaired) electrons. The van der Waals surface area contributed by atoms with Crippen molar-refractivity contribution < 1.29 is 28.5 Å². The molecule has 0 aromatic heterocycles. The zero-order chi connectivity index (χ0) is 26.5. The molecule has 1 aliphatic heterocycles. The first-order chi connectivity index (χ1) is 17.9. The van der Waals surface area contributed by atoms with Gasteiger partial charge in [0.25, 0.3) is 0 Å². The molecule has 0 bridgehead atoms. The van der Waals surface area contributed by atoms with Gasteiger partial charge in [-0.1, -0.05) is 29.8 Å². The Morgan fingerprint density at radius 3 is 2.49 bits per heavy atom. The summed E-state index contributed by atoms with van der Waals surface area (Å²) in [6, 6.07) is 13.0. The van der Waals surface area contributed by atoms with E-state index in [0.717, 1.165) is 11.3 Å². The molecule has 37 heavy (non-hydrogen) atoms. The quantitative estimate of drug-likeness (QED) is 0.351. The lowest BCUT2D eigenvalue weighted by Crippen LogP contribution is -2.36. The topological polar surface area (TPSA) is 83.1 Å². The fraction of sp³-hybridized carbons (Fsp3) is 0.379. The monoisotopic (exact) mass is 525 g/mol. The third-order valence-corrected chi connectivity index (χ3v) is 7.06. The first-order valence-electron chi connectivity index (χ1n) is 12.3. The molecule has 8 heteroatoms. The number of ether oxygens (including phenoxy) is 4. The summed E-state index contributed by atoms with van der Waals surface area (Å²) in [5, 5.41) is 4.02. The number of rotatable bonds is 9. The van der Waals surface area contributed by atoms with Crippen molar-refractivity contribution in [2.75, 3.05) is 34.0 Å². The number of benzene rings is 2. The van der Waals surface area contributed by atoms with Gasteiger partial charge in [0.15, 0.2) is 5.78 Å². The second-order valence-corrected chi connectivity index (χ2v) is 9.45. The predicted octanol–water partition coefficient (Wildman–Crippen LogP) is 5.30. The number of Topliss-reactive ketones (excluding diaryl/α,β-unsaturated/α-hetero) is 1. The first-order valence-corrected chi connectivity index (χ1v) is 12.7. The van der Waals surface area contributed by atoms with Gasteiger partial charge in [0.1, 0.15) is 18.1 Å². The van der Waals surface area contributed by atoms with E-state index in [0.29, 0.717) is 65.0 Å². The maximum absolute atomic E-state index is 13.8. The van der Waals surface area contributed by atoms with Gasteiger partial charge in [-0.3, -0.25) is 4.79 Å². The van der Waals surface area contributed by atoms with Crippen LogP contribution in [0.2, 0.25) is 5.02 Å². The van der Waals surface area contributed by atoms with Crippen molar-refractivity contribution in [1.82, 2.24) is 5.32 Å². The summed E-state index contributed by atoms with van der Waals surface area (Å²) in [5.74, 6) is -0.0195. The molecule has 2 aromatic carbocycles. The molecule has 0 spiro atoms. The summed E-state index contributed by atoms with van der Waals surface area (Å²) in [5.41, 5.74) is 4.15. The average Bonchev–Trinajstić information content (AvgIpc) is 2.90. The van der Waals surface area contributed by atoms with Crippen LogP contribution in [-0.4, -0.2) is 45.8 Å². The molecule has 0 fully saturated rings. The zero-order valence-electron chi connectivity index (χ0n) is 21.6. The molecule has 0 saturated carbocycles. The molecule has 196 valence electrons. The number of ketones is 1. The maximum Gasteiger partial charge on any atom is 0.336 e. The highest BCUT2D eigenvalue weighted by Gasteiger charge is 2.42. The third kappa shape index (κ3) is 5.68. The molecular weight excluding hydrogens is 494 g/mol. The standard InChI is InChI=1S/C29H32ClNO6/c1-5-36-12-13-37-29(33)26-17(2)31-23-14-19(18-6-8-20(30)9-7-18)15-24(32)28(23)27(26)22-11-10-21(34-3)16-25(22)35-4/h6-11,16,19,27,31H,5,12-15H2,1-4H3. The van der Waals surface area contributed by atoms with Gasteiger partial charge in [-0.05, 0) is 49.9 Å². The summed E-state index contributed by atoms with van der Waals surface area (Å²) in [4.78, 5) is 27.2. The fourth-order valence-corrected chi connectivity index (χ4v) is 5.19. The van der Waals surface area contributed by atoms with E-state index in [1.165, 1.54) is 0 Å². The lowest BCUT2D eigenvalue weighted by Gasteiger charge is -2.37. The SMILES string of the molecule is CCOCCOC(=O)C1=C(C)NC2=C(C(=O)CC(c3ccc(Cl)cc3)C2)C1c1ccc(OC)cc1OC. The Balaban J connectivity index is 1.77. The minimum absolute atomic E-state index is 0.00178. The lowest BCUT2D eigenvalue weighted by molar-refractivity contribution is -0.140. The molecule has 1 aliphatic carbocycles. The van der Waals surface area contributed by atoms with E-state index in [-0.39, 0.29) is 18.3 Å². The van der Waals surface area contributed by atoms with Gasteiger partial charge in [0.05, 0.1) is 32.3 Å². The Bertz CT molecular complexity index is 1230. The number of hydrogen-bond acceptors (Lipinski definition) is 7. The number of carbonyl (C=O) groups is 2. The Morgan fingerprint density at radius 1 is 1.05 bits per heavy atom. The van der Waals surface area contributed by atoms with E-state index in [2.05, 4.69) is 5.32 Å². The highest BCUT2D eigenvalue weighted by atomic mass is 35.5. The number of nitrogens with one attached hydrogen (secondary N) is 1. The Hall–Kier alpha value is -3.29. The Kier molecular flexibility index (Phi) is 8.56. The van der Waals surface area contributed by atoms with Gasteiger partial charge in [0, 0.05) is 46.6 Å². The smallest absolute Gasteiger partial charge is 0.336 e. The molecule has 0 amide bonds. The zero-order valence-corrected chi connectivity index (χ0v) is 22.3. The Labute approximate surface area is 222 Å². The van der Waals surface area contributed by atoms with Gasteiger partial charge < -0.3 is 24.3 Å². The normalized spacial score (nSPS) is 19.3. The van der Waals surface area contributed by atoms with E-state index in [1.807, 2.05) is 44.2 Å². The van der Waals surface area contributed by atoms with Crippen LogP contribution in [-0.2, 0) is 19.1 Å². The minimum atomic E-state index is -0.643. The number of halogens is 1. The van der Waals surface area contributed by atoms with E-state index in [9.17, 15) is 9.59 Å². The van der Waals surface area contributed by atoms with E-state index >= 15 is 0 Å². The molecule has 2 atom stereocenters. The van der Waals surface area contributed by atoms with Crippen LogP contribution in [0.15, 0.2) is 65.0 Å². The number of methoxy groups -OCH3 is 2. The maximum atomic E-state index is 13.8. The van der Waals surface area contributed by atoms with Crippen LogP contribution in [0.4, 0.5) is 0 Å². The van der Waals surface area contributed by atoms with Gasteiger partial charge in [-0.15, -0.1) is 0 Å². The van der Waals surface area contributed by atoms with Gasteiger partial charge >= 0.3 is 5.97 Å². The number of esters is 1. The highest BCUT2D eigenvalue weighted by Crippen LogP contribution is 2.48. The Morgan fingerprint density at radius 2 is 1.81 bits per heavy atom. The van der Waals surface area contributed by atoms with Crippen molar-refractivity contribution in [1.29, 1.82) is 0 Å². The van der Waals surface area contributed by atoms with Crippen molar-refractivity contribution in [2.45, 2.75) is 38.5 Å². The van der Waals surface area contributed by atoms with Crippen LogP contribution in [0.3, 0.4) is 0 Å². The summed E-state index contributed by atoms with van der Waals surface area (Å²) in [7, 11) is 3.14. The predicted molar refractivity (Wildman–Crippen MR) is 141 cm³/mol. The largest absolute Gasteiger partial charge is 0.497 e.